The number of piperidine rings is 1. The molecule has 0 atom stereocenters. The van der Waals surface area contributed by atoms with Gasteiger partial charge in [-0.25, -0.2) is 4.79 Å². The van der Waals surface area contributed by atoms with Crippen LogP contribution in [0.25, 0.3) is 10.9 Å². The molecule has 0 aliphatic carbocycles. The van der Waals surface area contributed by atoms with E-state index >= 15 is 0 Å². The Hall–Kier alpha value is -3.47. The molecule has 0 spiro atoms. The Kier molecular flexibility index (Phi) is 7.38. The SMILES string of the molecule is CCC1(n2nc(Nc3ccc(C(=O)N4CCCSCC4)c(C)c3)c3c(=O)[nH]ccc32)CCN(C(=O)O)CC1. The standard InChI is InChI=1S/C27H34N6O4S/c1-3-27(8-12-32(13-9-27)26(36)37)33-21-7-10-28-24(34)22(21)23(30-33)29-19-5-6-20(18(2)17-19)25(35)31-11-4-15-38-16-14-31/h5-7,10,17H,3-4,8-9,11-16H2,1-2H3,(H,28,34)(H,29,30)(H,36,37). The second-order valence-corrected chi connectivity index (χ2v) is 11.3. The molecule has 2 fully saturated rings. The largest absolute Gasteiger partial charge is 0.465 e. The van der Waals surface area contributed by atoms with Gasteiger partial charge in [-0.3, -0.25) is 14.3 Å². The Balaban J connectivity index is 1.46. The van der Waals surface area contributed by atoms with E-state index in [4.69, 9.17) is 5.10 Å². The fourth-order valence-corrected chi connectivity index (χ4v) is 6.48. The quantitative estimate of drug-likeness (QED) is 0.444. The number of H-pyrrole nitrogens is 1. The number of carbonyl (C=O) groups excluding carboxylic acids is 1. The molecule has 11 heteroatoms. The molecule has 4 heterocycles. The molecule has 0 saturated carbocycles. The molecular weight excluding hydrogens is 504 g/mol. The lowest BCUT2D eigenvalue weighted by Gasteiger charge is -2.41. The zero-order chi connectivity index (χ0) is 26.9. The molecule has 0 bridgehead atoms. The molecule has 38 heavy (non-hydrogen) atoms. The van der Waals surface area contributed by atoms with E-state index in [1.807, 2.05) is 52.5 Å². The number of anilines is 2. The normalized spacial score (nSPS) is 17.8. The van der Waals surface area contributed by atoms with E-state index in [9.17, 15) is 19.5 Å². The third kappa shape index (κ3) is 4.87. The molecule has 0 unspecified atom stereocenters. The highest BCUT2D eigenvalue weighted by molar-refractivity contribution is 7.99. The van der Waals surface area contributed by atoms with E-state index in [1.165, 1.54) is 4.90 Å². The van der Waals surface area contributed by atoms with Crippen molar-refractivity contribution < 1.29 is 14.7 Å². The molecule has 5 rings (SSSR count). The number of hydrogen-bond acceptors (Lipinski definition) is 6. The molecule has 1 aromatic carbocycles. The summed E-state index contributed by atoms with van der Waals surface area (Å²) in [6.07, 6.45) is 3.70. The van der Waals surface area contributed by atoms with Gasteiger partial charge in [-0.2, -0.15) is 16.9 Å². The molecule has 2 saturated heterocycles. The summed E-state index contributed by atoms with van der Waals surface area (Å²) in [7, 11) is 0. The summed E-state index contributed by atoms with van der Waals surface area (Å²) in [5.41, 5.74) is 2.37. The number of thioether (sulfide) groups is 1. The van der Waals surface area contributed by atoms with Crippen LogP contribution in [0.1, 0.15) is 48.5 Å². The number of aromatic nitrogens is 3. The Labute approximate surface area is 225 Å². The van der Waals surface area contributed by atoms with Crippen LogP contribution in [0.2, 0.25) is 0 Å². The molecule has 3 aromatic rings. The summed E-state index contributed by atoms with van der Waals surface area (Å²) in [6.45, 7) is 6.38. The van der Waals surface area contributed by atoms with Gasteiger partial charge in [-0.15, -0.1) is 0 Å². The number of nitrogens with one attached hydrogen (secondary N) is 2. The van der Waals surface area contributed by atoms with Gasteiger partial charge in [0.2, 0.25) is 0 Å². The van der Waals surface area contributed by atoms with Gasteiger partial charge >= 0.3 is 6.09 Å². The van der Waals surface area contributed by atoms with Crippen LogP contribution in [0.15, 0.2) is 35.3 Å². The molecule has 10 nitrogen and oxygen atoms in total. The van der Waals surface area contributed by atoms with Crippen LogP contribution in [0.4, 0.5) is 16.3 Å². The van der Waals surface area contributed by atoms with E-state index < -0.39 is 11.6 Å². The van der Waals surface area contributed by atoms with E-state index in [0.29, 0.717) is 48.2 Å². The lowest BCUT2D eigenvalue weighted by atomic mass is 9.85. The predicted molar refractivity (Wildman–Crippen MR) is 150 cm³/mol. The number of carbonyl (C=O) groups is 2. The lowest BCUT2D eigenvalue weighted by Crippen LogP contribution is -2.47. The maximum absolute atomic E-state index is 13.2. The number of amides is 2. The number of aromatic amines is 1. The van der Waals surface area contributed by atoms with E-state index in [-0.39, 0.29) is 11.5 Å². The first kappa shape index (κ1) is 26.1. The van der Waals surface area contributed by atoms with Crippen molar-refractivity contribution in [3.05, 3.63) is 51.9 Å². The molecule has 2 aromatic heterocycles. The van der Waals surface area contributed by atoms with Crippen molar-refractivity contribution in [2.45, 2.75) is 45.1 Å². The maximum Gasteiger partial charge on any atom is 0.407 e. The number of rotatable bonds is 5. The van der Waals surface area contributed by atoms with Crippen LogP contribution in [0.5, 0.6) is 0 Å². The highest BCUT2D eigenvalue weighted by atomic mass is 32.2. The number of likely N-dealkylation sites (tertiary alicyclic amines) is 1. The number of carboxylic acid groups (broad SMARTS) is 1. The van der Waals surface area contributed by atoms with Crippen LogP contribution < -0.4 is 10.9 Å². The van der Waals surface area contributed by atoms with Crippen LogP contribution in [0, 0.1) is 6.92 Å². The van der Waals surface area contributed by atoms with E-state index in [2.05, 4.69) is 17.2 Å². The zero-order valence-electron chi connectivity index (χ0n) is 21.8. The summed E-state index contributed by atoms with van der Waals surface area (Å²) in [5.74, 6) is 2.55. The van der Waals surface area contributed by atoms with E-state index in [0.717, 1.165) is 48.7 Å². The Bertz CT molecular complexity index is 1400. The molecule has 2 aliphatic heterocycles. The minimum Gasteiger partial charge on any atom is -0.465 e. The second kappa shape index (κ2) is 10.7. The second-order valence-electron chi connectivity index (χ2n) is 10.1. The van der Waals surface area contributed by atoms with E-state index in [1.54, 1.807) is 6.20 Å². The summed E-state index contributed by atoms with van der Waals surface area (Å²) in [5, 5.41) is 18.1. The average Bonchev–Trinajstić information content (AvgIpc) is 3.09. The third-order valence-electron chi connectivity index (χ3n) is 7.90. The molecule has 3 N–H and O–H groups in total. The van der Waals surface area contributed by atoms with Gasteiger partial charge in [-0.05, 0) is 68.2 Å². The van der Waals surface area contributed by atoms with Crippen molar-refractivity contribution >= 4 is 46.2 Å². The number of pyridine rings is 1. The van der Waals surface area contributed by atoms with Gasteiger partial charge in [0.1, 0.15) is 5.39 Å². The first-order valence-corrected chi connectivity index (χ1v) is 14.3. The van der Waals surface area contributed by atoms with Crippen molar-refractivity contribution in [3.63, 3.8) is 0 Å². The Morgan fingerprint density at radius 3 is 2.63 bits per heavy atom. The minimum atomic E-state index is -0.911. The van der Waals surface area contributed by atoms with Crippen LogP contribution in [0.3, 0.4) is 0 Å². The first-order chi connectivity index (χ1) is 18.3. The molecule has 0 radical (unpaired) electrons. The van der Waals surface area contributed by atoms with Crippen molar-refractivity contribution in [1.82, 2.24) is 24.6 Å². The van der Waals surface area contributed by atoms with Crippen LogP contribution in [-0.2, 0) is 5.54 Å². The Morgan fingerprint density at radius 2 is 1.92 bits per heavy atom. The predicted octanol–water partition coefficient (Wildman–Crippen LogP) is 4.23. The van der Waals surface area contributed by atoms with Crippen molar-refractivity contribution in [2.75, 3.05) is 43.0 Å². The molecule has 2 amide bonds. The van der Waals surface area contributed by atoms with Gasteiger partial charge in [0, 0.05) is 49.4 Å². The summed E-state index contributed by atoms with van der Waals surface area (Å²) in [6, 6.07) is 7.47. The highest BCUT2D eigenvalue weighted by Crippen LogP contribution is 2.37. The van der Waals surface area contributed by atoms with Crippen molar-refractivity contribution in [3.8, 4) is 0 Å². The number of benzene rings is 1. The average molecular weight is 539 g/mol. The third-order valence-corrected chi connectivity index (χ3v) is 8.95. The fraction of sp³-hybridized carbons (Fsp3) is 0.481. The van der Waals surface area contributed by atoms with Gasteiger partial charge in [0.25, 0.3) is 11.5 Å². The fourth-order valence-electron chi connectivity index (χ4n) is 5.59. The van der Waals surface area contributed by atoms with Gasteiger partial charge in [0.05, 0.1) is 11.1 Å². The molecule has 202 valence electrons. The summed E-state index contributed by atoms with van der Waals surface area (Å²) >= 11 is 1.89. The zero-order valence-corrected chi connectivity index (χ0v) is 22.6. The minimum absolute atomic E-state index is 0.0558. The van der Waals surface area contributed by atoms with Crippen molar-refractivity contribution in [2.24, 2.45) is 0 Å². The first-order valence-electron chi connectivity index (χ1n) is 13.2. The van der Waals surface area contributed by atoms with Crippen LogP contribution in [-0.4, -0.2) is 79.4 Å². The molecular formula is C27H34N6O4S. The number of hydrogen-bond donors (Lipinski definition) is 3. The van der Waals surface area contributed by atoms with Gasteiger partial charge in [-0.1, -0.05) is 6.92 Å². The number of nitrogens with zero attached hydrogens (tertiary/aromatic N) is 4. The number of aryl methyl sites for hydroxylation is 1. The summed E-state index contributed by atoms with van der Waals surface area (Å²) in [4.78, 5) is 43.7. The van der Waals surface area contributed by atoms with Crippen molar-refractivity contribution in [1.29, 1.82) is 0 Å². The smallest absolute Gasteiger partial charge is 0.407 e. The topological polar surface area (TPSA) is 124 Å². The van der Waals surface area contributed by atoms with Gasteiger partial charge in [0.15, 0.2) is 5.82 Å². The number of fused-ring (bicyclic) bond motifs is 1. The lowest BCUT2D eigenvalue weighted by molar-refractivity contribution is 0.0767. The summed E-state index contributed by atoms with van der Waals surface area (Å²) < 4.78 is 1.92. The molecule has 2 aliphatic rings. The maximum atomic E-state index is 13.2. The Morgan fingerprint density at radius 1 is 1.13 bits per heavy atom. The highest BCUT2D eigenvalue weighted by Gasteiger charge is 2.38. The van der Waals surface area contributed by atoms with Crippen LogP contribution >= 0.6 is 11.8 Å². The van der Waals surface area contributed by atoms with Gasteiger partial charge < -0.3 is 25.2 Å². The monoisotopic (exact) mass is 538 g/mol.